The Morgan fingerprint density at radius 2 is 1.39 bits per heavy atom. The molecule has 2 heterocycles. The van der Waals surface area contributed by atoms with Crippen molar-refractivity contribution in [1.82, 2.24) is 0 Å². The number of ether oxygens (including phenoxy) is 1. The molecule has 0 aromatic heterocycles. The zero-order valence-corrected chi connectivity index (χ0v) is 15.6. The topological polar surface area (TPSA) is 29.5 Å². The van der Waals surface area contributed by atoms with E-state index in [1.807, 2.05) is 0 Å². The van der Waals surface area contributed by atoms with E-state index in [1.165, 1.54) is 77.0 Å². The third-order valence-electron chi connectivity index (χ3n) is 6.21. The van der Waals surface area contributed by atoms with E-state index in [-0.39, 0.29) is 6.10 Å². The third-order valence-corrected chi connectivity index (χ3v) is 6.21. The molecule has 0 aromatic carbocycles. The summed E-state index contributed by atoms with van der Waals surface area (Å²) in [5.41, 5.74) is 0. The molecule has 2 aliphatic rings. The van der Waals surface area contributed by atoms with Crippen molar-refractivity contribution in [2.75, 3.05) is 0 Å². The Hall–Kier alpha value is -0.0800. The van der Waals surface area contributed by atoms with Gasteiger partial charge in [-0.15, -0.1) is 0 Å². The first kappa shape index (κ1) is 19.2. The molecule has 2 heteroatoms. The highest BCUT2D eigenvalue weighted by atomic mass is 16.5. The molecule has 1 N–H and O–H groups in total. The van der Waals surface area contributed by atoms with Gasteiger partial charge in [-0.05, 0) is 50.4 Å². The predicted octanol–water partition coefficient (Wildman–Crippen LogP) is 5.86. The lowest BCUT2D eigenvalue weighted by Crippen LogP contribution is -2.28. The summed E-state index contributed by atoms with van der Waals surface area (Å²) in [6.45, 7) is 4.51. The predicted molar refractivity (Wildman–Crippen MR) is 97.6 cm³/mol. The molecule has 23 heavy (non-hydrogen) atoms. The molecule has 2 rings (SSSR count). The van der Waals surface area contributed by atoms with E-state index in [9.17, 15) is 5.11 Å². The SMILES string of the molecule is CCCCCCC[C@@H]1[C@@H](CCC(O)CCCCC)[C@H]2CC[C@@H]1O2. The summed E-state index contributed by atoms with van der Waals surface area (Å²) in [5, 5.41) is 10.2. The van der Waals surface area contributed by atoms with Gasteiger partial charge in [0, 0.05) is 0 Å². The summed E-state index contributed by atoms with van der Waals surface area (Å²) in [4.78, 5) is 0. The molecule has 2 aliphatic heterocycles. The number of hydrogen-bond donors (Lipinski definition) is 1. The highest BCUT2D eigenvalue weighted by molar-refractivity contribution is 4.96. The summed E-state index contributed by atoms with van der Waals surface area (Å²) in [6.07, 6.45) is 18.7. The van der Waals surface area contributed by atoms with Crippen molar-refractivity contribution in [3.8, 4) is 0 Å². The highest BCUT2D eigenvalue weighted by Gasteiger charge is 2.47. The fourth-order valence-electron chi connectivity index (χ4n) is 4.81. The molecular formula is C21H40O2. The van der Waals surface area contributed by atoms with Crippen LogP contribution >= 0.6 is 0 Å². The molecule has 0 aromatic rings. The first-order valence-electron chi connectivity index (χ1n) is 10.6. The molecule has 0 amide bonds. The molecule has 0 spiro atoms. The maximum atomic E-state index is 10.2. The van der Waals surface area contributed by atoms with E-state index in [2.05, 4.69) is 13.8 Å². The van der Waals surface area contributed by atoms with Crippen molar-refractivity contribution in [2.45, 2.75) is 122 Å². The van der Waals surface area contributed by atoms with Gasteiger partial charge in [-0.2, -0.15) is 0 Å². The van der Waals surface area contributed by atoms with Gasteiger partial charge in [0.2, 0.25) is 0 Å². The molecule has 5 atom stereocenters. The van der Waals surface area contributed by atoms with Gasteiger partial charge in [0.05, 0.1) is 18.3 Å². The molecule has 2 nitrogen and oxygen atoms in total. The summed E-state index contributed by atoms with van der Waals surface area (Å²) >= 11 is 0. The van der Waals surface area contributed by atoms with Crippen molar-refractivity contribution < 1.29 is 9.84 Å². The van der Waals surface area contributed by atoms with Crippen LogP contribution in [0.15, 0.2) is 0 Å². The monoisotopic (exact) mass is 324 g/mol. The molecule has 1 unspecified atom stereocenters. The van der Waals surface area contributed by atoms with Crippen molar-refractivity contribution in [3.63, 3.8) is 0 Å². The van der Waals surface area contributed by atoms with Gasteiger partial charge in [-0.3, -0.25) is 0 Å². The second kappa shape index (κ2) is 10.7. The van der Waals surface area contributed by atoms with Crippen molar-refractivity contribution >= 4 is 0 Å². The van der Waals surface area contributed by atoms with Crippen LogP contribution in [0.1, 0.15) is 104 Å². The van der Waals surface area contributed by atoms with E-state index in [0.29, 0.717) is 12.2 Å². The molecule has 2 saturated heterocycles. The third kappa shape index (κ3) is 6.05. The number of rotatable bonds is 13. The Kier molecular flexibility index (Phi) is 8.97. The lowest BCUT2D eigenvalue weighted by molar-refractivity contribution is 0.0825. The first-order chi connectivity index (χ1) is 11.3. The minimum Gasteiger partial charge on any atom is -0.393 e. The lowest BCUT2D eigenvalue weighted by Gasteiger charge is -2.28. The number of aliphatic hydroxyl groups excluding tert-OH is 1. The Morgan fingerprint density at radius 1 is 0.783 bits per heavy atom. The second-order valence-electron chi connectivity index (χ2n) is 8.05. The van der Waals surface area contributed by atoms with Crippen LogP contribution in [0.2, 0.25) is 0 Å². The number of hydrogen-bond acceptors (Lipinski definition) is 2. The van der Waals surface area contributed by atoms with Crippen LogP contribution in [0.3, 0.4) is 0 Å². The summed E-state index contributed by atoms with van der Waals surface area (Å²) < 4.78 is 6.22. The van der Waals surface area contributed by atoms with Gasteiger partial charge in [-0.1, -0.05) is 65.2 Å². The Labute approximate surface area is 144 Å². The summed E-state index contributed by atoms with van der Waals surface area (Å²) in [5.74, 6) is 1.53. The quantitative estimate of drug-likeness (QED) is 0.430. The fraction of sp³-hybridized carbons (Fsp3) is 1.00. The normalized spacial score (nSPS) is 30.9. The van der Waals surface area contributed by atoms with Crippen LogP contribution in [0.4, 0.5) is 0 Å². The van der Waals surface area contributed by atoms with Crippen LogP contribution in [-0.2, 0) is 4.74 Å². The number of fused-ring (bicyclic) bond motifs is 2. The standard InChI is InChI=1S/C21H40O2/c1-3-5-7-8-10-12-18-19(21-16-15-20(18)23-21)14-13-17(22)11-9-6-4-2/h17-22H,3-16H2,1-2H3/t17?,18-,19-,20+,21-/m1/s1. The molecule has 136 valence electrons. The Balaban J connectivity index is 1.68. The highest BCUT2D eigenvalue weighted by Crippen LogP contribution is 2.47. The van der Waals surface area contributed by atoms with Crippen LogP contribution in [0.5, 0.6) is 0 Å². The van der Waals surface area contributed by atoms with E-state index in [4.69, 9.17) is 4.74 Å². The molecule has 2 fully saturated rings. The van der Waals surface area contributed by atoms with Gasteiger partial charge in [0.25, 0.3) is 0 Å². The number of unbranched alkanes of at least 4 members (excludes halogenated alkanes) is 6. The second-order valence-corrected chi connectivity index (χ2v) is 8.05. The van der Waals surface area contributed by atoms with Gasteiger partial charge in [0.1, 0.15) is 0 Å². The zero-order valence-electron chi connectivity index (χ0n) is 15.6. The molecule has 2 bridgehead atoms. The van der Waals surface area contributed by atoms with E-state index in [1.54, 1.807) is 0 Å². The maximum absolute atomic E-state index is 10.2. The fourth-order valence-corrected chi connectivity index (χ4v) is 4.81. The molecule has 0 saturated carbocycles. The molecule has 0 aliphatic carbocycles. The van der Waals surface area contributed by atoms with Crippen LogP contribution in [0.25, 0.3) is 0 Å². The van der Waals surface area contributed by atoms with Crippen molar-refractivity contribution in [2.24, 2.45) is 11.8 Å². The molecular weight excluding hydrogens is 284 g/mol. The van der Waals surface area contributed by atoms with Gasteiger partial charge < -0.3 is 9.84 Å². The average molecular weight is 325 g/mol. The number of aliphatic hydroxyl groups is 1. The molecule has 0 radical (unpaired) electrons. The van der Waals surface area contributed by atoms with Crippen molar-refractivity contribution in [1.29, 1.82) is 0 Å². The van der Waals surface area contributed by atoms with Crippen LogP contribution in [0, 0.1) is 11.8 Å². The minimum atomic E-state index is -0.0779. The minimum absolute atomic E-state index is 0.0779. The Morgan fingerprint density at radius 3 is 2.09 bits per heavy atom. The maximum Gasteiger partial charge on any atom is 0.0611 e. The van der Waals surface area contributed by atoms with Gasteiger partial charge in [0.15, 0.2) is 0 Å². The van der Waals surface area contributed by atoms with E-state index < -0.39 is 0 Å². The van der Waals surface area contributed by atoms with Gasteiger partial charge in [-0.25, -0.2) is 0 Å². The van der Waals surface area contributed by atoms with Crippen molar-refractivity contribution in [3.05, 3.63) is 0 Å². The van der Waals surface area contributed by atoms with Crippen LogP contribution in [-0.4, -0.2) is 23.4 Å². The van der Waals surface area contributed by atoms with E-state index in [0.717, 1.165) is 24.7 Å². The summed E-state index contributed by atoms with van der Waals surface area (Å²) in [6, 6.07) is 0. The zero-order chi connectivity index (χ0) is 16.5. The van der Waals surface area contributed by atoms with E-state index >= 15 is 0 Å². The smallest absolute Gasteiger partial charge is 0.0611 e. The summed E-state index contributed by atoms with van der Waals surface area (Å²) in [7, 11) is 0. The lowest BCUT2D eigenvalue weighted by atomic mass is 9.74. The largest absolute Gasteiger partial charge is 0.393 e. The average Bonchev–Trinajstić information content (AvgIpc) is 3.14. The van der Waals surface area contributed by atoms with Gasteiger partial charge >= 0.3 is 0 Å². The van der Waals surface area contributed by atoms with Crippen LogP contribution < -0.4 is 0 Å². The Bertz CT molecular complexity index is 304. The first-order valence-corrected chi connectivity index (χ1v) is 10.6.